The molecule has 0 amide bonds. The summed E-state index contributed by atoms with van der Waals surface area (Å²) in [5.41, 5.74) is -1.75. The van der Waals surface area contributed by atoms with Crippen LogP contribution in [-0.4, -0.2) is 11.8 Å². The molecule has 0 saturated heterocycles. The molecule has 0 N–H and O–H groups in total. The number of carbonyl (C=O) groups is 1. The normalized spacial score (nSPS) is 10.9. The fourth-order valence-electron chi connectivity index (χ4n) is 0.562. The van der Waals surface area contributed by atoms with Crippen molar-refractivity contribution in [3.05, 3.63) is 0 Å². The molecule has 0 rings (SSSR count). The Bertz CT molecular complexity index is 289. The van der Waals surface area contributed by atoms with E-state index in [2.05, 4.69) is 16.6 Å². The Labute approximate surface area is 113 Å². The minimum Gasteiger partial charge on any atom is -0.803 e. The van der Waals surface area contributed by atoms with E-state index in [9.17, 15) is 19.1 Å². The summed E-state index contributed by atoms with van der Waals surface area (Å²) in [6, 6.07) is 0. The Morgan fingerprint density at radius 3 is 2.20 bits per heavy atom. The zero-order valence-electron chi connectivity index (χ0n) is 9.27. The van der Waals surface area contributed by atoms with Crippen molar-refractivity contribution in [2.24, 2.45) is 0 Å². The van der Waals surface area contributed by atoms with E-state index < -0.39 is 19.4 Å². The first-order chi connectivity index (χ1) is 5.91. The van der Waals surface area contributed by atoms with Crippen LogP contribution in [-0.2, 0) is 9.30 Å². The van der Waals surface area contributed by atoms with Crippen molar-refractivity contribution in [2.45, 2.75) is 26.4 Å². The summed E-state index contributed by atoms with van der Waals surface area (Å²) in [6.45, 7) is 3.17. The molecule has 0 heterocycles. The molecule has 0 aromatic carbocycles. The largest absolute Gasteiger partial charge is 1.00 e. The summed E-state index contributed by atoms with van der Waals surface area (Å²) in [4.78, 5) is 30.8. The molecule has 0 aliphatic heterocycles. The molecule has 0 radical (unpaired) electrons. The van der Waals surface area contributed by atoms with Crippen LogP contribution in [0.5, 0.6) is 0 Å². The first kappa shape index (κ1) is 20.7. The van der Waals surface area contributed by atoms with E-state index in [0.717, 1.165) is 0 Å². The van der Waals surface area contributed by atoms with Crippen molar-refractivity contribution in [2.75, 3.05) is 0 Å². The Kier molecular flexibility index (Phi) is 13.3. The van der Waals surface area contributed by atoms with Gasteiger partial charge in [-0.2, -0.15) is 0 Å². The summed E-state index contributed by atoms with van der Waals surface area (Å²) in [6.07, 6.45) is -0.485. The van der Waals surface area contributed by atoms with E-state index in [1.54, 1.807) is 6.92 Å². The van der Waals surface area contributed by atoms with Crippen molar-refractivity contribution < 1.29 is 61.6 Å². The molecule has 0 saturated carbocycles. The van der Waals surface area contributed by atoms with Crippen LogP contribution < -0.4 is 47.5 Å². The molecule has 0 bridgehead atoms. The Hall–Kier alpha value is 0.375. The maximum atomic E-state index is 10.5. The SMILES string of the molecule is CC#CC(CC)OC(=O)P(=O)([O-])[O-].[Li+].[Li+]. The van der Waals surface area contributed by atoms with Gasteiger partial charge >= 0.3 is 43.4 Å². The minimum atomic E-state index is -5.28. The van der Waals surface area contributed by atoms with Gasteiger partial charge in [0.2, 0.25) is 0 Å². The standard InChI is InChI=1S/C7H11O5P.2Li/c1-3-5-6(4-2)12-7(8)13(9,10)11;;/h6H,4H2,1-2H3,(H2,9,10,11);;/q;2*+1/p-2. The maximum absolute atomic E-state index is 10.5. The maximum Gasteiger partial charge on any atom is 1.00 e. The van der Waals surface area contributed by atoms with Gasteiger partial charge in [-0.3, -0.25) is 0 Å². The molecule has 5 nitrogen and oxygen atoms in total. The topological polar surface area (TPSA) is 89.5 Å². The summed E-state index contributed by atoms with van der Waals surface area (Å²) in [5, 5.41) is 0. The molecular formula is C7H9Li2O5P. The fourth-order valence-corrected chi connectivity index (χ4v) is 0.818. The van der Waals surface area contributed by atoms with Gasteiger partial charge in [-0.05, 0) is 13.3 Å². The minimum absolute atomic E-state index is 0. The van der Waals surface area contributed by atoms with Crippen LogP contribution in [0.4, 0.5) is 4.79 Å². The van der Waals surface area contributed by atoms with Crippen LogP contribution in [0.2, 0.25) is 0 Å². The van der Waals surface area contributed by atoms with Gasteiger partial charge in [0.1, 0.15) is 0 Å². The van der Waals surface area contributed by atoms with Crippen LogP contribution in [0.3, 0.4) is 0 Å². The zero-order valence-corrected chi connectivity index (χ0v) is 10.2. The van der Waals surface area contributed by atoms with Gasteiger partial charge in [-0.25, -0.2) is 4.79 Å². The molecule has 0 aliphatic rings. The number of carbonyl (C=O) groups excluding carboxylic acids is 1. The van der Waals surface area contributed by atoms with E-state index in [0.29, 0.717) is 6.42 Å². The molecule has 74 valence electrons. The third-order valence-corrected chi connectivity index (χ3v) is 1.70. The second-order valence-corrected chi connectivity index (χ2v) is 3.53. The second-order valence-electron chi connectivity index (χ2n) is 2.17. The van der Waals surface area contributed by atoms with Gasteiger partial charge in [-0.1, -0.05) is 12.8 Å². The fraction of sp³-hybridized carbons (Fsp3) is 0.571. The van der Waals surface area contributed by atoms with Crippen LogP contribution in [0.25, 0.3) is 0 Å². The molecule has 0 aromatic heterocycles. The Morgan fingerprint density at radius 1 is 1.47 bits per heavy atom. The summed E-state index contributed by atoms with van der Waals surface area (Å²) in [5.74, 6) is 4.90. The number of ether oxygens (including phenoxy) is 1. The van der Waals surface area contributed by atoms with Gasteiger partial charge in [0, 0.05) is 7.60 Å². The molecule has 8 heteroatoms. The third kappa shape index (κ3) is 9.31. The van der Waals surface area contributed by atoms with Gasteiger partial charge in [0.25, 0.3) is 0 Å². The molecule has 1 unspecified atom stereocenters. The zero-order chi connectivity index (χ0) is 10.5. The van der Waals surface area contributed by atoms with Gasteiger partial charge in [0.15, 0.2) is 6.10 Å². The Balaban J connectivity index is -0.000000720. The predicted octanol–water partition coefficient (Wildman–Crippen LogP) is -6.15. The molecular weight excluding hydrogens is 209 g/mol. The van der Waals surface area contributed by atoms with Crippen LogP contribution in [0, 0.1) is 11.8 Å². The van der Waals surface area contributed by atoms with E-state index in [1.807, 2.05) is 0 Å². The van der Waals surface area contributed by atoms with Crippen molar-refractivity contribution in [1.29, 1.82) is 0 Å². The van der Waals surface area contributed by atoms with Gasteiger partial charge in [0.05, 0.1) is 0 Å². The average molecular weight is 218 g/mol. The van der Waals surface area contributed by atoms with Gasteiger partial charge < -0.3 is 19.1 Å². The first-order valence-corrected chi connectivity index (χ1v) is 5.11. The van der Waals surface area contributed by atoms with Crippen LogP contribution in [0.15, 0.2) is 0 Å². The quantitative estimate of drug-likeness (QED) is 0.267. The molecule has 1 atom stereocenters. The van der Waals surface area contributed by atoms with Crippen molar-refractivity contribution in [1.82, 2.24) is 0 Å². The third-order valence-electron chi connectivity index (χ3n) is 1.14. The van der Waals surface area contributed by atoms with Gasteiger partial charge in [-0.15, -0.1) is 5.92 Å². The molecule has 15 heavy (non-hydrogen) atoms. The van der Waals surface area contributed by atoms with E-state index in [1.165, 1.54) is 6.92 Å². The van der Waals surface area contributed by atoms with E-state index >= 15 is 0 Å². The van der Waals surface area contributed by atoms with E-state index in [-0.39, 0.29) is 37.7 Å². The molecule has 0 spiro atoms. The second kappa shape index (κ2) is 9.59. The monoisotopic (exact) mass is 218 g/mol. The molecule has 0 fully saturated rings. The number of hydrogen-bond donors (Lipinski definition) is 0. The van der Waals surface area contributed by atoms with Crippen LogP contribution >= 0.6 is 7.60 Å². The first-order valence-electron chi connectivity index (χ1n) is 3.57. The summed E-state index contributed by atoms with van der Waals surface area (Å²) < 4.78 is 14.4. The number of rotatable bonds is 3. The predicted molar refractivity (Wildman–Crippen MR) is 41.6 cm³/mol. The average Bonchev–Trinajstić information content (AvgIpc) is 2.01. The van der Waals surface area contributed by atoms with E-state index in [4.69, 9.17) is 0 Å². The van der Waals surface area contributed by atoms with Crippen LogP contribution in [0.1, 0.15) is 20.3 Å². The smallest absolute Gasteiger partial charge is 0.803 e. The Morgan fingerprint density at radius 2 is 1.93 bits per heavy atom. The molecule has 0 aromatic rings. The van der Waals surface area contributed by atoms with Crippen molar-refractivity contribution in [3.8, 4) is 11.8 Å². The van der Waals surface area contributed by atoms with Crippen molar-refractivity contribution >= 4 is 13.3 Å². The molecule has 0 aliphatic carbocycles. The summed E-state index contributed by atoms with van der Waals surface area (Å²) in [7, 11) is -5.28. The number of hydrogen-bond acceptors (Lipinski definition) is 5. The van der Waals surface area contributed by atoms with Crippen molar-refractivity contribution in [3.63, 3.8) is 0 Å². The summed E-state index contributed by atoms with van der Waals surface area (Å²) >= 11 is 0.